The molecule has 4 nitrogen and oxygen atoms in total. The second-order valence-electron chi connectivity index (χ2n) is 5.38. The maximum absolute atomic E-state index is 6.25. The summed E-state index contributed by atoms with van der Waals surface area (Å²) >= 11 is 3.45. The van der Waals surface area contributed by atoms with Crippen molar-refractivity contribution in [3.63, 3.8) is 0 Å². The Labute approximate surface area is 128 Å². The average Bonchev–Trinajstić information content (AvgIpc) is 2.68. The molecule has 0 aliphatic heterocycles. The van der Waals surface area contributed by atoms with Crippen molar-refractivity contribution in [3.8, 4) is 0 Å². The van der Waals surface area contributed by atoms with E-state index in [9.17, 15) is 0 Å². The predicted molar refractivity (Wildman–Crippen MR) is 88.0 cm³/mol. The van der Waals surface area contributed by atoms with Gasteiger partial charge in [-0.15, -0.1) is 0 Å². The SMILES string of the molecule is CC(C)c1nn(C)c(N(C)Cc2ccc(Br)cc2)c1N. The van der Waals surface area contributed by atoms with Gasteiger partial charge in [0.25, 0.3) is 0 Å². The lowest BCUT2D eigenvalue weighted by atomic mass is 10.1. The summed E-state index contributed by atoms with van der Waals surface area (Å²) in [7, 11) is 3.98. The smallest absolute Gasteiger partial charge is 0.150 e. The molecule has 0 radical (unpaired) electrons. The number of nitrogens with two attached hydrogens (primary N) is 1. The number of hydrogen-bond acceptors (Lipinski definition) is 3. The lowest BCUT2D eigenvalue weighted by Gasteiger charge is -2.20. The van der Waals surface area contributed by atoms with Crippen LogP contribution in [0.1, 0.15) is 31.0 Å². The Morgan fingerprint density at radius 3 is 2.40 bits per heavy atom. The van der Waals surface area contributed by atoms with Crippen molar-refractivity contribution in [2.24, 2.45) is 7.05 Å². The molecule has 0 amide bonds. The molecule has 0 unspecified atom stereocenters. The lowest BCUT2D eigenvalue weighted by Crippen LogP contribution is -2.20. The van der Waals surface area contributed by atoms with E-state index >= 15 is 0 Å². The number of aryl methyl sites for hydroxylation is 1. The molecular formula is C15H21BrN4. The second kappa shape index (κ2) is 5.87. The minimum absolute atomic E-state index is 0.330. The third kappa shape index (κ3) is 2.98. The van der Waals surface area contributed by atoms with Gasteiger partial charge in [-0.05, 0) is 23.6 Å². The fourth-order valence-electron chi connectivity index (χ4n) is 2.37. The molecule has 0 saturated heterocycles. The highest BCUT2D eigenvalue weighted by Crippen LogP contribution is 2.30. The summed E-state index contributed by atoms with van der Waals surface area (Å²) < 4.78 is 2.95. The minimum Gasteiger partial charge on any atom is -0.394 e. The topological polar surface area (TPSA) is 47.1 Å². The van der Waals surface area contributed by atoms with Crippen molar-refractivity contribution in [3.05, 3.63) is 40.0 Å². The van der Waals surface area contributed by atoms with Gasteiger partial charge in [-0.3, -0.25) is 4.68 Å². The van der Waals surface area contributed by atoms with Gasteiger partial charge in [-0.1, -0.05) is 41.9 Å². The first-order valence-corrected chi connectivity index (χ1v) is 7.47. The van der Waals surface area contributed by atoms with Gasteiger partial charge in [0.05, 0.1) is 11.4 Å². The Kier molecular flexibility index (Phi) is 4.38. The van der Waals surface area contributed by atoms with Gasteiger partial charge in [0.2, 0.25) is 0 Å². The van der Waals surface area contributed by atoms with Gasteiger partial charge in [-0.2, -0.15) is 5.10 Å². The molecule has 20 heavy (non-hydrogen) atoms. The molecule has 0 atom stereocenters. The van der Waals surface area contributed by atoms with Crippen molar-refractivity contribution >= 4 is 27.4 Å². The van der Waals surface area contributed by atoms with Gasteiger partial charge in [0.1, 0.15) is 5.82 Å². The number of nitrogen functional groups attached to an aromatic ring is 1. The van der Waals surface area contributed by atoms with Gasteiger partial charge < -0.3 is 10.6 Å². The van der Waals surface area contributed by atoms with E-state index in [1.165, 1.54) is 5.56 Å². The summed E-state index contributed by atoms with van der Waals surface area (Å²) in [6, 6.07) is 8.32. The fraction of sp³-hybridized carbons (Fsp3) is 0.400. The highest BCUT2D eigenvalue weighted by atomic mass is 79.9. The predicted octanol–water partition coefficient (Wildman–Crippen LogP) is 3.52. The molecule has 2 aromatic rings. The summed E-state index contributed by atoms with van der Waals surface area (Å²) in [5.41, 5.74) is 9.23. The fourth-order valence-corrected chi connectivity index (χ4v) is 2.63. The van der Waals surface area contributed by atoms with E-state index < -0.39 is 0 Å². The van der Waals surface area contributed by atoms with Crippen LogP contribution in [0.5, 0.6) is 0 Å². The zero-order valence-electron chi connectivity index (χ0n) is 12.4. The standard InChI is InChI=1S/C15H21BrN4/c1-10(2)14-13(17)15(20(4)18-14)19(3)9-11-5-7-12(16)8-6-11/h5-8,10H,9,17H2,1-4H3. The Morgan fingerprint density at radius 1 is 1.30 bits per heavy atom. The maximum atomic E-state index is 6.25. The third-order valence-corrected chi connectivity index (χ3v) is 3.85. The number of benzene rings is 1. The van der Waals surface area contributed by atoms with E-state index in [0.29, 0.717) is 5.92 Å². The molecule has 1 aromatic heterocycles. The van der Waals surface area contributed by atoms with E-state index in [1.807, 2.05) is 18.8 Å². The van der Waals surface area contributed by atoms with E-state index in [2.05, 4.69) is 64.0 Å². The highest BCUT2D eigenvalue weighted by Gasteiger charge is 2.18. The van der Waals surface area contributed by atoms with Crippen LogP contribution < -0.4 is 10.6 Å². The number of hydrogen-bond donors (Lipinski definition) is 1. The van der Waals surface area contributed by atoms with Gasteiger partial charge in [0.15, 0.2) is 0 Å². The maximum Gasteiger partial charge on any atom is 0.150 e. The zero-order valence-corrected chi connectivity index (χ0v) is 14.0. The summed E-state index contributed by atoms with van der Waals surface area (Å²) in [6.45, 7) is 5.02. The third-order valence-electron chi connectivity index (χ3n) is 3.32. The summed E-state index contributed by atoms with van der Waals surface area (Å²) in [5, 5.41) is 4.53. The van der Waals surface area contributed by atoms with Crippen molar-refractivity contribution in [1.82, 2.24) is 9.78 Å². The van der Waals surface area contributed by atoms with Crippen molar-refractivity contribution in [2.75, 3.05) is 17.7 Å². The molecule has 108 valence electrons. The molecule has 1 heterocycles. The van der Waals surface area contributed by atoms with Gasteiger partial charge in [-0.25, -0.2) is 0 Å². The molecule has 0 aliphatic rings. The molecule has 0 spiro atoms. The summed E-state index contributed by atoms with van der Waals surface area (Å²) in [6.07, 6.45) is 0. The molecule has 0 bridgehead atoms. The molecular weight excluding hydrogens is 316 g/mol. The molecule has 2 N–H and O–H groups in total. The normalized spacial score (nSPS) is 11.1. The quantitative estimate of drug-likeness (QED) is 0.928. The summed E-state index contributed by atoms with van der Waals surface area (Å²) in [5.74, 6) is 1.30. The van der Waals surface area contributed by atoms with E-state index in [0.717, 1.165) is 28.2 Å². The van der Waals surface area contributed by atoms with Crippen LogP contribution in [0.4, 0.5) is 11.5 Å². The lowest BCUT2D eigenvalue weighted by molar-refractivity contribution is 0.698. The Hall–Kier alpha value is -1.49. The molecule has 5 heteroatoms. The molecule has 0 saturated carbocycles. The van der Waals surface area contributed by atoms with Crippen molar-refractivity contribution in [1.29, 1.82) is 0 Å². The number of nitrogens with zero attached hydrogens (tertiary/aromatic N) is 3. The van der Waals surface area contributed by atoms with E-state index in [-0.39, 0.29) is 0 Å². The van der Waals surface area contributed by atoms with Crippen LogP contribution in [0.15, 0.2) is 28.7 Å². The average molecular weight is 337 g/mol. The summed E-state index contributed by atoms with van der Waals surface area (Å²) in [4.78, 5) is 2.14. The van der Waals surface area contributed by atoms with Crippen molar-refractivity contribution in [2.45, 2.75) is 26.3 Å². The zero-order chi connectivity index (χ0) is 14.9. The molecule has 0 aliphatic carbocycles. The van der Waals surface area contributed by atoms with E-state index in [4.69, 9.17) is 5.73 Å². The van der Waals surface area contributed by atoms with Crippen LogP contribution in [0, 0.1) is 0 Å². The number of aromatic nitrogens is 2. The van der Waals surface area contributed by atoms with Crippen LogP contribution in [0.25, 0.3) is 0 Å². The van der Waals surface area contributed by atoms with Crippen molar-refractivity contribution < 1.29 is 0 Å². The first kappa shape index (κ1) is 14.9. The van der Waals surface area contributed by atoms with Gasteiger partial charge in [0, 0.05) is 25.1 Å². The van der Waals surface area contributed by atoms with Crippen LogP contribution in [-0.2, 0) is 13.6 Å². The van der Waals surface area contributed by atoms with Crippen LogP contribution in [0.3, 0.4) is 0 Å². The Morgan fingerprint density at radius 2 is 1.90 bits per heavy atom. The van der Waals surface area contributed by atoms with Crippen LogP contribution in [-0.4, -0.2) is 16.8 Å². The van der Waals surface area contributed by atoms with E-state index in [1.54, 1.807) is 0 Å². The Bertz CT molecular complexity index is 587. The second-order valence-corrected chi connectivity index (χ2v) is 6.30. The molecule has 1 aromatic carbocycles. The van der Waals surface area contributed by atoms with Gasteiger partial charge >= 0.3 is 0 Å². The number of anilines is 2. The largest absolute Gasteiger partial charge is 0.394 e. The first-order chi connectivity index (χ1) is 9.40. The highest BCUT2D eigenvalue weighted by molar-refractivity contribution is 9.10. The number of rotatable bonds is 4. The van der Waals surface area contributed by atoms with Crippen LogP contribution in [0.2, 0.25) is 0 Å². The monoisotopic (exact) mass is 336 g/mol. The Balaban J connectivity index is 2.25. The van der Waals surface area contributed by atoms with Crippen LogP contribution >= 0.6 is 15.9 Å². The number of halogens is 1. The minimum atomic E-state index is 0.330. The molecule has 2 rings (SSSR count). The first-order valence-electron chi connectivity index (χ1n) is 6.68. The molecule has 0 fully saturated rings.